The Balaban J connectivity index is 3.18. The van der Waals surface area contributed by atoms with Gasteiger partial charge >= 0.3 is 11.7 Å². The minimum Gasteiger partial charge on any atom is -0.485 e. The van der Waals surface area contributed by atoms with Crippen LogP contribution in [0.5, 0.6) is 5.75 Å². The van der Waals surface area contributed by atoms with E-state index >= 15 is 0 Å². The fourth-order valence-corrected chi connectivity index (χ4v) is 1.35. The number of halogens is 1. The highest BCUT2D eigenvalue weighted by Crippen LogP contribution is 2.31. The van der Waals surface area contributed by atoms with Crippen LogP contribution in [0.4, 0.5) is 10.1 Å². The number of ether oxygens (including phenoxy) is 1. The smallest absolute Gasteiger partial charge is 0.338 e. The Morgan fingerprint density at radius 2 is 2.05 bits per heavy atom. The van der Waals surface area contributed by atoms with Crippen molar-refractivity contribution >= 4 is 11.7 Å². The second kappa shape index (κ2) is 6.04. The fraction of sp³-hybridized carbons (Fsp3) is 0.462. The second-order valence-electron chi connectivity index (χ2n) is 5.36. The van der Waals surface area contributed by atoms with Crippen molar-refractivity contribution in [2.45, 2.75) is 19.4 Å². The molecule has 0 unspecified atom stereocenters. The van der Waals surface area contributed by atoms with Crippen molar-refractivity contribution in [3.05, 3.63) is 33.6 Å². The number of hydrogen-bond donors (Lipinski definition) is 1. The zero-order valence-electron chi connectivity index (χ0n) is 12.2. The first-order chi connectivity index (χ1) is 9.56. The third-order valence-corrected chi connectivity index (χ3v) is 3.27. The summed E-state index contributed by atoms with van der Waals surface area (Å²) in [6.45, 7) is 3.77. The molecule has 0 spiro atoms. The van der Waals surface area contributed by atoms with Gasteiger partial charge in [-0.05, 0) is 27.9 Å². The number of carboxylic acid groups (broad SMARTS) is 1. The lowest BCUT2D eigenvalue weighted by Crippen LogP contribution is -2.43. The average Bonchev–Trinajstić information content (AvgIpc) is 2.36. The average molecular weight is 300 g/mol. The molecule has 1 aromatic rings. The summed E-state index contributed by atoms with van der Waals surface area (Å²) in [6, 6.07) is 1.39. The lowest BCUT2D eigenvalue weighted by molar-refractivity contribution is -0.386. The number of likely N-dealkylation sites (N-methyl/N-ethyl adjacent to an activating group) is 1. The summed E-state index contributed by atoms with van der Waals surface area (Å²) in [5.74, 6) is -2.96. The van der Waals surface area contributed by atoms with E-state index in [-0.39, 0.29) is 12.4 Å². The monoisotopic (exact) mass is 300 g/mol. The molecule has 0 bridgehead atoms. The van der Waals surface area contributed by atoms with Crippen LogP contribution in [-0.2, 0) is 0 Å². The van der Waals surface area contributed by atoms with Gasteiger partial charge in [0.1, 0.15) is 12.4 Å². The summed E-state index contributed by atoms with van der Waals surface area (Å²) in [6.07, 6.45) is 0. The Labute approximate surface area is 121 Å². The van der Waals surface area contributed by atoms with Crippen molar-refractivity contribution in [2.75, 3.05) is 20.7 Å². The highest BCUT2D eigenvalue weighted by molar-refractivity contribution is 5.89. The van der Waals surface area contributed by atoms with Gasteiger partial charge in [0.2, 0.25) is 0 Å². The molecule has 0 heterocycles. The van der Waals surface area contributed by atoms with Crippen molar-refractivity contribution < 1.29 is 24.0 Å². The fourth-order valence-electron chi connectivity index (χ4n) is 1.35. The van der Waals surface area contributed by atoms with Crippen molar-refractivity contribution in [3.63, 3.8) is 0 Å². The van der Waals surface area contributed by atoms with Crippen molar-refractivity contribution in [3.8, 4) is 5.75 Å². The SMILES string of the molecule is CN(C)C(C)(C)COc1cc(C(=O)O)c(F)cc1[N+](=O)[O-]. The number of benzene rings is 1. The lowest BCUT2D eigenvalue weighted by atomic mass is 10.1. The van der Waals surface area contributed by atoms with E-state index < -0.39 is 33.5 Å². The van der Waals surface area contributed by atoms with E-state index in [1.165, 1.54) is 0 Å². The van der Waals surface area contributed by atoms with E-state index in [2.05, 4.69) is 0 Å². The van der Waals surface area contributed by atoms with E-state index in [0.717, 1.165) is 6.07 Å². The summed E-state index contributed by atoms with van der Waals surface area (Å²) < 4.78 is 18.9. The minimum atomic E-state index is -1.51. The molecule has 1 N–H and O–H groups in total. The van der Waals surface area contributed by atoms with Gasteiger partial charge in [0, 0.05) is 11.6 Å². The summed E-state index contributed by atoms with van der Waals surface area (Å²) >= 11 is 0. The van der Waals surface area contributed by atoms with E-state index in [9.17, 15) is 19.3 Å². The van der Waals surface area contributed by atoms with Crippen LogP contribution in [0, 0.1) is 15.9 Å². The van der Waals surface area contributed by atoms with E-state index in [1.54, 1.807) is 0 Å². The van der Waals surface area contributed by atoms with Crippen molar-refractivity contribution in [1.29, 1.82) is 0 Å². The number of hydrogen-bond acceptors (Lipinski definition) is 5. The molecule has 0 radical (unpaired) electrons. The van der Waals surface area contributed by atoms with Gasteiger partial charge in [0.05, 0.1) is 16.6 Å². The van der Waals surface area contributed by atoms with Crippen molar-refractivity contribution in [2.24, 2.45) is 0 Å². The summed E-state index contributed by atoms with van der Waals surface area (Å²) in [5.41, 5.74) is -1.71. The maximum Gasteiger partial charge on any atom is 0.338 e. The third-order valence-electron chi connectivity index (χ3n) is 3.27. The molecule has 0 aliphatic carbocycles. The number of nitro groups is 1. The summed E-state index contributed by atoms with van der Waals surface area (Å²) in [5, 5.41) is 19.8. The molecule has 0 saturated heterocycles. The molecule has 7 nitrogen and oxygen atoms in total. The zero-order chi connectivity index (χ0) is 16.4. The van der Waals surface area contributed by atoms with Crippen LogP contribution in [0.2, 0.25) is 0 Å². The zero-order valence-corrected chi connectivity index (χ0v) is 12.2. The van der Waals surface area contributed by atoms with Gasteiger partial charge in [-0.3, -0.25) is 10.1 Å². The number of carbonyl (C=O) groups is 1. The molecular weight excluding hydrogens is 283 g/mol. The van der Waals surface area contributed by atoms with Gasteiger partial charge in [-0.1, -0.05) is 0 Å². The molecule has 0 aromatic heterocycles. The van der Waals surface area contributed by atoms with Gasteiger partial charge in [0.15, 0.2) is 5.75 Å². The number of nitro benzene ring substituents is 1. The van der Waals surface area contributed by atoms with Crippen LogP contribution in [0.25, 0.3) is 0 Å². The van der Waals surface area contributed by atoms with Crippen LogP contribution in [0.15, 0.2) is 12.1 Å². The predicted octanol–water partition coefficient (Wildman–Crippen LogP) is 2.15. The molecule has 0 aliphatic rings. The van der Waals surface area contributed by atoms with Crippen LogP contribution >= 0.6 is 0 Å². The van der Waals surface area contributed by atoms with Gasteiger partial charge in [-0.2, -0.15) is 0 Å². The Hall–Kier alpha value is -2.22. The van der Waals surface area contributed by atoms with Crippen LogP contribution in [0.3, 0.4) is 0 Å². The van der Waals surface area contributed by atoms with Gasteiger partial charge < -0.3 is 14.7 Å². The van der Waals surface area contributed by atoms with E-state index in [1.807, 2.05) is 32.8 Å². The third kappa shape index (κ3) is 3.88. The minimum absolute atomic E-state index is 0.0749. The molecule has 116 valence electrons. The molecule has 0 aliphatic heterocycles. The number of nitrogens with zero attached hydrogens (tertiary/aromatic N) is 2. The highest BCUT2D eigenvalue weighted by Gasteiger charge is 2.26. The molecule has 1 rings (SSSR count). The molecular formula is C13H17FN2O5. The van der Waals surface area contributed by atoms with Crippen LogP contribution in [0.1, 0.15) is 24.2 Å². The largest absolute Gasteiger partial charge is 0.485 e. The maximum atomic E-state index is 13.5. The first kappa shape index (κ1) is 16.8. The number of aromatic carboxylic acids is 1. The number of rotatable bonds is 6. The molecule has 0 saturated carbocycles. The molecule has 1 aromatic carbocycles. The quantitative estimate of drug-likeness (QED) is 0.639. The molecule has 0 fully saturated rings. The normalized spacial score (nSPS) is 11.5. The Morgan fingerprint density at radius 1 is 1.48 bits per heavy atom. The van der Waals surface area contributed by atoms with Crippen LogP contribution in [-0.4, -0.2) is 47.1 Å². The van der Waals surface area contributed by atoms with Gasteiger partial charge in [0.25, 0.3) is 0 Å². The Kier molecular flexibility index (Phi) is 4.84. The second-order valence-corrected chi connectivity index (χ2v) is 5.36. The Bertz CT molecular complexity index is 572. The van der Waals surface area contributed by atoms with E-state index in [4.69, 9.17) is 9.84 Å². The first-order valence-corrected chi connectivity index (χ1v) is 6.07. The Morgan fingerprint density at radius 3 is 2.48 bits per heavy atom. The maximum absolute atomic E-state index is 13.5. The topological polar surface area (TPSA) is 92.9 Å². The van der Waals surface area contributed by atoms with Gasteiger partial charge in [-0.15, -0.1) is 0 Å². The predicted molar refractivity (Wildman–Crippen MR) is 73.3 cm³/mol. The summed E-state index contributed by atoms with van der Waals surface area (Å²) in [4.78, 5) is 22.8. The molecule has 21 heavy (non-hydrogen) atoms. The van der Waals surface area contributed by atoms with Crippen LogP contribution < -0.4 is 4.74 Å². The first-order valence-electron chi connectivity index (χ1n) is 6.07. The van der Waals surface area contributed by atoms with Gasteiger partial charge in [-0.25, -0.2) is 9.18 Å². The van der Waals surface area contributed by atoms with E-state index in [0.29, 0.717) is 6.07 Å². The standard InChI is InChI=1S/C13H17FN2O5/c1-13(2,15(3)4)7-21-11-5-8(12(17)18)9(14)6-10(11)16(19)20/h5-6H,7H2,1-4H3,(H,17,18). The van der Waals surface area contributed by atoms with Crippen molar-refractivity contribution in [1.82, 2.24) is 4.90 Å². The number of carboxylic acids is 1. The molecule has 0 amide bonds. The lowest BCUT2D eigenvalue weighted by Gasteiger charge is -2.32. The molecule has 8 heteroatoms. The highest BCUT2D eigenvalue weighted by atomic mass is 19.1. The molecule has 0 atom stereocenters. The summed E-state index contributed by atoms with van der Waals surface area (Å²) in [7, 11) is 3.62.